The molecule has 290 valence electrons. The maximum Gasteiger partial charge on any atom is 0.143 e. The van der Waals surface area contributed by atoms with Gasteiger partial charge in [-0.05, 0) is 107 Å². The Labute approximate surface area is 361 Å². The third kappa shape index (κ3) is 5.37. The van der Waals surface area contributed by atoms with Gasteiger partial charge < -0.3 is 13.9 Å². The van der Waals surface area contributed by atoms with Gasteiger partial charge in [-0.2, -0.15) is 0 Å². The fourth-order valence-electron chi connectivity index (χ4n) is 9.75. The Balaban J connectivity index is 1.00. The number of furan rings is 1. The van der Waals surface area contributed by atoms with Crippen LogP contribution in [0.25, 0.3) is 103 Å². The fraction of sp³-hybridized carbons (Fsp3) is 0. The number of anilines is 3. The molecule has 0 atom stereocenters. The monoisotopic (exact) mass is 808 g/mol. The fourth-order valence-corrected chi connectivity index (χ4v) is 10.8. The summed E-state index contributed by atoms with van der Waals surface area (Å²) in [5, 5.41) is 9.53. The highest BCUT2D eigenvalue weighted by Crippen LogP contribution is 2.48. The molecule has 0 N–H and O–H groups in total. The van der Waals surface area contributed by atoms with Crippen molar-refractivity contribution in [2.45, 2.75) is 0 Å². The van der Waals surface area contributed by atoms with Gasteiger partial charge in [-0.1, -0.05) is 133 Å². The third-order valence-electron chi connectivity index (χ3n) is 12.6. The number of para-hydroxylation sites is 3. The van der Waals surface area contributed by atoms with Crippen molar-refractivity contribution in [3.63, 3.8) is 0 Å². The van der Waals surface area contributed by atoms with E-state index in [-0.39, 0.29) is 0 Å². The summed E-state index contributed by atoms with van der Waals surface area (Å²) < 4.78 is 11.7. The average Bonchev–Trinajstić information content (AvgIpc) is 4.02. The van der Waals surface area contributed by atoms with E-state index in [1.807, 2.05) is 11.3 Å². The summed E-state index contributed by atoms with van der Waals surface area (Å²) in [5.41, 5.74) is 13.2. The van der Waals surface area contributed by atoms with Crippen molar-refractivity contribution in [2.75, 3.05) is 4.90 Å². The Kier molecular flexibility index (Phi) is 7.78. The van der Waals surface area contributed by atoms with Gasteiger partial charge in [0, 0.05) is 58.7 Å². The van der Waals surface area contributed by atoms with Crippen LogP contribution in [-0.4, -0.2) is 4.57 Å². The van der Waals surface area contributed by atoms with Crippen LogP contribution >= 0.6 is 11.3 Å². The minimum atomic E-state index is 0.863. The maximum absolute atomic E-state index is 6.77. The molecule has 0 aliphatic heterocycles. The zero-order chi connectivity index (χ0) is 40.7. The lowest BCUT2D eigenvalue weighted by Crippen LogP contribution is -2.11. The molecule has 3 aromatic heterocycles. The zero-order valence-corrected chi connectivity index (χ0v) is 34.3. The molecule has 0 spiro atoms. The van der Waals surface area contributed by atoms with Gasteiger partial charge in [-0.3, -0.25) is 0 Å². The van der Waals surface area contributed by atoms with Gasteiger partial charge >= 0.3 is 0 Å². The van der Waals surface area contributed by atoms with E-state index in [1.165, 1.54) is 53.1 Å². The summed E-state index contributed by atoms with van der Waals surface area (Å²) >= 11 is 1.85. The molecule has 3 nitrogen and oxygen atoms in total. The van der Waals surface area contributed by atoms with Crippen LogP contribution in [-0.2, 0) is 0 Å². The standard InChI is InChI=1S/C58H36N2OS/c1-2-14-41(15-3-1)59-51-21-10-7-18-45(51)48-35-39(28-33-52(48)59)37-25-30-42(31-26-37)60(53-22-12-23-54-57(53)47-32-27-38-13-4-5-17-44(38)58(47)61-54)50-20-9-6-16-43(50)40-29-34-56-49(36-40)46-19-8-11-24-55(46)62-56/h1-36H. The minimum Gasteiger partial charge on any atom is -0.455 e. The van der Waals surface area contributed by atoms with Crippen LogP contribution in [0.3, 0.4) is 0 Å². The lowest BCUT2D eigenvalue weighted by atomic mass is 9.98. The number of fused-ring (bicyclic) bond motifs is 11. The summed E-state index contributed by atoms with van der Waals surface area (Å²) in [4.78, 5) is 2.43. The molecule has 0 unspecified atom stereocenters. The molecule has 0 saturated heterocycles. The molecule has 0 saturated carbocycles. The molecule has 0 amide bonds. The van der Waals surface area contributed by atoms with Crippen molar-refractivity contribution in [3.8, 4) is 27.9 Å². The van der Waals surface area contributed by atoms with E-state index in [9.17, 15) is 0 Å². The van der Waals surface area contributed by atoms with Crippen molar-refractivity contribution in [1.29, 1.82) is 0 Å². The maximum atomic E-state index is 6.77. The van der Waals surface area contributed by atoms with Crippen LogP contribution in [0.4, 0.5) is 17.1 Å². The Morgan fingerprint density at radius 3 is 1.98 bits per heavy atom. The number of rotatable bonds is 6. The first-order valence-electron chi connectivity index (χ1n) is 21.1. The first-order chi connectivity index (χ1) is 30.7. The summed E-state index contributed by atoms with van der Waals surface area (Å²) in [7, 11) is 0. The predicted molar refractivity (Wildman–Crippen MR) is 264 cm³/mol. The van der Waals surface area contributed by atoms with Crippen molar-refractivity contribution < 1.29 is 4.42 Å². The van der Waals surface area contributed by atoms with Gasteiger partial charge in [-0.15, -0.1) is 11.3 Å². The number of benzene rings is 10. The van der Waals surface area contributed by atoms with Crippen LogP contribution in [0, 0.1) is 0 Å². The van der Waals surface area contributed by atoms with E-state index in [4.69, 9.17) is 4.42 Å². The SMILES string of the molecule is c1ccc(-n2c3ccccc3c3cc(-c4ccc(N(c5ccccc5-c5ccc6sc7ccccc7c6c5)c5cccc6oc7c8ccccc8ccc7c56)cc4)ccc32)cc1. The van der Waals surface area contributed by atoms with Gasteiger partial charge in [0.15, 0.2) is 0 Å². The second-order valence-corrected chi connectivity index (χ2v) is 17.1. The summed E-state index contributed by atoms with van der Waals surface area (Å²) in [6.07, 6.45) is 0. The van der Waals surface area contributed by atoms with Crippen LogP contribution in [0.5, 0.6) is 0 Å². The molecule has 62 heavy (non-hydrogen) atoms. The molecule has 0 bridgehead atoms. The minimum absolute atomic E-state index is 0.863. The van der Waals surface area contributed by atoms with Crippen molar-refractivity contribution >= 4 is 103 Å². The highest BCUT2D eigenvalue weighted by atomic mass is 32.1. The second-order valence-electron chi connectivity index (χ2n) is 16.0. The third-order valence-corrected chi connectivity index (χ3v) is 13.7. The topological polar surface area (TPSA) is 21.3 Å². The number of hydrogen-bond donors (Lipinski definition) is 0. The normalized spacial score (nSPS) is 11.9. The average molecular weight is 809 g/mol. The molecule has 0 fully saturated rings. The Hall–Kier alpha value is -7.92. The molecule has 0 radical (unpaired) electrons. The Morgan fingerprint density at radius 2 is 1.08 bits per heavy atom. The highest BCUT2D eigenvalue weighted by Gasteiger charge is 2.23. The van der Waals surface area contributed by atoms with E-state index in [1.54, 1.807) is 0 Å². The second kappa shape index (κ2) is 13.8. The van der Waals surface area contributed by atoms with Crippen molar-refractivity contribution in [1.82, 2.24) is 4.57 Å². The summed E-state index contributed by atoms with van der Waals surface area (Å²) in [6.45, 7) is 0. The molecular formula is C58H36N2OS. The van der Waals surface area contributed by atoms with Gasteiger partial charge in [-0.25, -0.2) is 0 Å². The lowest BCUT2D eigenvalue weighted by Gasteiger charge is -2.28. The largest absolute Gasteiger partial charge is 0.455 e. The number of thiophene rings is 1. The van der Waals surface area contributed by atoms with Crippen LogP contribution in [0.15, 0.2) is 223 Å². The highest BCUT2D eigenvalue weighted by molar-refractivity contribution is 7.25. The van der Waals surface area contributed by atoms with Crippen molar-refractivity contribution in [2.24, 2.45) is 0 Å². The molecule has 13 aromatic rings. The predicted octanol–water partition coefficient (Wildman–Crippen LogP) is 17.0. The summed E-state index contributed by atoms with van der Waals surface area (Å²) in [5.74, 6) is 0. The number of hydrogen-bond acceptors (Lipinski definition) is 3. The smallest absolute Gasteiger partial charge is 0.143 e. The van der Waals surface area contributed by atoms with E-state index in [0.29, 0.717) is 0 Å². The Bertz CT molecular complexity index is 3870. The number of aromatic nitrogens is 1. The van der Waals surface area contributed by atoms with E-state index < -0.39 is 0 Å². The molecular weight excluding hydrogens is 773 g/mol. The molecule has 3 heterocycles. The van der Waals surface area contributed by atoms with Crippen molar-refractivity contribution in [3.05, 3.63) is 218 Å². The quantitative estimate of drug-likeness (QED) is 0.167. The Morgan fingerprint density at radius 1 is 0.403 bits per heavy atom. The number of nitrogens with zero attached hydrogens (tertiary/aromatic N) is 2. The van der Waals surface area contributed by atoms with E-state index in [2.05, 4.69) is 228 Å². The van der Waals surface area contributed by atoms with E-state index >= 15 is 0 Å². The van der Waals surface area contributed by atoms with Gasteiger partial charge in [0.2, 0.25) is 0 Å². The lowest BCUT2D eigenvalue weighted by molar-refractivity contribution is 0.672. The first-order valence-corrected chi connectivity index (χ1v) is 21.9. The molecule has 10 aromatic carbocycles. The molecule has 13 rings (SSSR count). The van der Waals surface area contributed by atoms with Crippen LogP contribution in [0.2, 0.25) is 0 Å². The molecule has 4 heteroatoms. The first kappa shape index (κ1) is 34.9. The van der Waals surface area contributed by atoms with Gasteiger partial charge in [0.05, 0.1) is 27.8 Å². The molecule has 0 aliphatic carbocycles. The summed E-state index contributed by atoms with van der Waals surface area (Å²) in [6, 6.07) is 79.2. The van der Waals surface area contributed by atoms with Gasteiger partial charge in [0.1, 0.15) is 11.2 Å². The molecule has 0 aliphatic rings. The van der Waals surface area contributed by atoms with Crippen LogP contribution < -0.4 is 4.90 Å². The zero-order valence-electron chi connectivity index (χ0n) is 33.5. The van der Waals surface area contributed by atoms with Gasteiger partial charge in [0.25, 0.3) is 0 Å². The van der Waals surface area contributed by atoms with Crippen LogP contribution in [0.1, 0.15) is 0 Å². The van der Waals surface area contributed by atoms with E-state index in [0.717, 1.165) is 66.6 Å².